The monoisotopic (exact) mass is 236 g/mol. The molecule has 0 unspecified atom stereocenters. The minimum Gasteiger partial charge on any atom is -0.507 e. The summed E-state index contributed by atoms with van der Waals surface area (Å²) in [6.45, 7) is 1.70. The molecule has 0 aliphatic carbocycles. The highest BCUT2D eigenvalue weighted by molar-refractivity contribution is 5.88. The predicted molar refractivity (Wildman–Crippen MR) is 57.7 cm³/mol. The van der Waals surface area contributed by atoms with Crippen LogP contribution in [-0.2, 0) is 15.1 Å². The van der Waals surface area contributed by atoms with Crippen LogP contribution in [0.2, 0.25) is 0 Å². The van der Waals surface area contributed by atoms with Crippen molar-refractivity contribution < 1.29 is 24.5 Å². The molecular weight excluding hydrogens is 224 g/mol. The highest BCUT2D eigenvalue weighted by Crippen LogP contribution is 2.40. The zero-order chi connectivity index (χ0) is 12.6. The van der Waals surface area contributed by atoms with Crippen molar-refractivity contribution in [2.45, 2.75) is 25.4 Å². The van der Waals surface area contributed by atoms with Gasteiger partial charge in [0.25, 0.3) is 0 Å². The fourth-order valence-electron chi connectivity index (χ4n) is 2.00. The van der Waals surface area contributed by atoms with Gasteiger partial charge in [-0.05, 0) is 19.1 Å². The molecule has 2 N–H and O–H groups in total. The van der Waals surface area contributed by atoms with Crippen LogP contribution in [0.3, 0.4) is 0 Å². The van der Waals surface area contributed by atoms with Crippen LogP contribution in [-0.4, -0.2) is 22.2 Å². The van der Waals surface area contributed by atoms with Gasteiger partial charge in [0.05, 0.1) is 5.56 Å². The second kappa shape index (κ2) is 3.76. The normalized spacial score (nSPS) is 23.5. The Hall–Kier alpha value is -2.04. The van der Waals surface area contributed by atoms with Gasteiger partial charge in [-0.15, -0.1) is 0 Å². The number of aromatic carboxylic acids is 1. The number of carboxylic acid groups (broad SMARTS) is 1. The van der Waals surface area contributed by atoms with Crippen LogP contribution in [0.1, 0.15) is 35.7 Å². The van der Waals surface area contributed by atoms with Crippen molar-refractivity contribution in [2.24, 2.45) is 0 Å². The average molecular weight is 236 g/mol. The van der Waals surface area contributed by atoms with Gasteiger partial charge in [0.1, 0.15) is 11.4 Å². The summed E-state index contributed by atoms with van der Waals surface area (Å²) in [5.74, 6) is -1.59. The zero-order valence-electron chi connectivity index (χ0n) is 9.27. The molecule has 5 heteroatoms. The number of phenolic OH excluding ortho intramolecular Hbond substituents is 1. The van der Waals surface area contributed by atoms with Crippen LogP contribution < -0.4 is 0 Å². The number of carboxylic acids is 1. The standard InChI is InChI=1S/C12H12O5/c1-12(5-4-10(14)17-12)8-3-2-7(11(15)16)6-9(8)13/h2-3,6,13H,4-5H2,1H3,(H,15,16)/t12-/m0/s1. The summed E-state index contributed by atoms with van der Waals surface area (Å²) < 4.78 is 5.17. The Balaban J connectivity index is 2.40. The molecule has 1 aliphatic rings. The molecule has 1 aliphatic heterocycles. The van der Waals surface area contributed by atoms with Crippen molar-refractivity contribution in [1.29, 1.82) is 0 Å². The molecule has 0 amide bonds. The lowest BCUT2D eigenvalue weighted by atomic mass is 9.91. The fraction of sp³-hybridized carbons (Fsp3) is 0.333. The molecule has 0 radical (unpaired) electrons. The largest absolute Gasteiger partial charge is 0.507 e. The summed E-state index contributed by atoms with van der Waals surface area (Å²) in [7, 11) is 0. The lowest BCUT2D eigenvalue weighted by Gasteiger charge is -2.24. The highest BCUT2D eigenvalue weighted by atomic mass is 16.6. The summed E-state index contributed by atoms with van der Waals surface area (Å²) in [4.78, 5) is 21.8. The van der Waals surface area contributed by atoms with Crippen LogP contribution in [0.15, 0.2) is 18.2 Å². The first kappa shape index (κ1) is 11.4. The van der Waals surface area contributed by atoms with Gasteiger partial charge < -0.3 is 14.9 Å². The van der Waals surface area contributed by atoms with Crippen molar-refractivity contribution in [3.05, 3.63) is 29.3 Å². The van der Waals surface area contributed by atoms with Crippen molar-refractivity contribution in [2.75, 3.05) is 0 Å². The Morgan fingerprint density at radius 2 is 2.18 bits per heavy atom. The summed E-state index contributed by atoms with van der Waals surface area (Å²) in [5, 5.41) is 18.6. The van der Waals surface area contributed by atoms with E-state index in [1.165, 1.54) is 12.1 Å². The molecule has 17 heavy (non-hydrogen) atoms. The number of hydrogen-bond acceptors (Lipinski definition) is 4. The van der Waals surface area contributed by atoms with Crippen molar-refractivity contribution >= 4 is 11.9 Å². The maximum atomic E-state index is 11.1. The van der Waals surface area contributed by atoms with E-state index in [1.54, 1.807) is 6.92 Å². The first-order valence-corrected chi connectivity index (χ1v) is 5.21. The molecule has 0 spiro atoms. The number of esters is 1. The molecule has 1 atom stereocenters. The smallest absolute Gasteiger partial charge is 0.335 e. The van der Waals surface area contributed by atoms with E-state index in [2.05, 4.69) is 0 Å². The number of benzene rings is 1. The summed E-state index contributed by atoms with van der Waals surface area (Å²) in [5.41, 5.74) is -0.425. The lowest BCUT2D eigenvalue weighted by Crippen LogP contribution is -2.21. The molecular formula is C12H12O5. The van der Waals surface area contributed by atoms with Gasteiger partial charge in [-0.25, -0.2) is 4.79 Å². The molecule has 1 heterocycles. The topological polar surface area (TPSA) is 83.8 Å². The van der Waals surface area contributed by atoms with Gasteiger partial charge in [-0.2, -0.15) is 0 Å². The van der Waals surface area contributed by atoms with Crippen molar-refractivity contribution in [3.8, 4) is 5.75 Å². The summed E-state index contributed by atoms with van der Waals surface area (Å²) in [6.07, 6.45) is 0.780. The minimum absolute atomic E-state index is 0.000765. The number of ether oxygens (including phenoxy) is 1. The molecule has 1 aromatic rings. The van der Waals surface area contributed by atoms with Crippen LogP contribution >= 0.6 is 0 Å². The molecule has 2 rings (SSSR count). The average Bonchev–Trinajstić information content (AvgIpc) is 2.59. The van der Waals surface area contributed by atoms with Gasteiger partial charge >= 0.3 is 11.9 Å². The number of cyclic esters (lactones) is 1. The Labute approximate surface area is 97.6 Å². The van der Waals surface area contributed by atoms with E-state index in [0.717, 1.165) is 6.07 Å². The third kappa shape index (κ3) is 1.95. The van der Waals surface area contributed by atoms with E-state index >= 15 is 0 Å². The number of hydrogen-bond donors (Lipinski definition) is 2. The maximum absolute atomic E-state index is 11.1. The number of phenols is 1. The molecule has 0 aromatic heterocycles. The Kier molecular flexibility index (Phi) is 2.53. The Morgan fingerprint density at radius 3 is 2.65 bits per heavy atom. The molecule has 1 aromatic carbocycles. The zero-order valence-corrected chi connectivity index (χ0v) is 9.27. The van der Waals surface area contributed by atoms with E-state index in [1.807, 2.05) is 0 Å². The number of carbonyl (C=O) groups excluding carboxylic acids is 1. The number of aromatic hydroxyl groups is 1. The number of carbonyl (C=O) groups is 2. The Bertz CT molecular complexity index is 494. The van der Waals surface area contributed by atoms with Crippen molar-refractivity contribution in [1.82, 2.24) is 0 Å². The third-order valence-corrected chi connectivity index (χ3v) is 2.96. The van der Waals surface area contributed by atoms with Gasteiger partial charge in [0.2, 0.25) is 0 Å². The van der Waals surface area contributed by atoms with Crippen molar-refractivity contribution in [3.63, 3.8) is 0 Å². The number of rotatable bonds is 2. The van der Waals surface area contributed by atoms with Crippen LogP contribution in [0.4, 0.5) is 0 Å². The molecule has 1 fully saturated rings. The summed E-state index contributed by atoms with van der Waals surface area (Å²) in [6, 6.07) is 4.03. The molecule has 0 bridgehead atoms. The predicted octanol–water partition coefficient (Wildman–Crippen LogP) is 1.64. The van der Waals surface area contributed by atoms with Crippen LogP contribution in [0.25, 0.3) is 0 Å². The lowest BCUT2D eigenvalue weighted by molar-refractivity contribution is -0.147. The maximum Gasteiger partial charge on any atom is 0.335 e. The first-order chi connectivity index (χ1) is 7.92. The van der Waals surface area contributed by atoms with E-state index in [9.17, 15) is 14.7 Å². The fourth-order valence-corrected chi connectivity index (χ4v) is 2.00. The second-order valence-electron chi connectivity index (χ2n) is 4.24. The van der Waals surface area contributed by atoms with Gasteiger partial charge in [0.15, 0.2) is 0 Å². The molecule has 90 valence electrons. The molecule has 1 saturated heterocycles. The van der Waals surface area contributed by atoms with E-state index in [-0.39, 0.29) is 17.3 Å². The molecule has 0 saturated carbocycles. The van der Waals surface area contributed by atoms with Gasteiger partial charge in [-0.3, -0.25) is 4.79 Å². The van der Waals surface area contributed by atoms with Crippen LogP contribution in [0.5, 0.6) is 5.75 Å². The highest BCUT2D eigenvalue weighted by Gasteiger charge is 2.39. The van der Waals surface area contributed by atoms with Crippen LogP contribution in [0, 0.1) is 0 Å². The van der Waals surface area contributed by atoms with E-state index < -0.39 is 11.6 Å². The minimum atomic E-state index is -1.11. The molecule has 5 nitrogen and oxygen atoms in total. The third-order valence-electron chi connectivity index (χ3n) is 2.96. The van der Waals surface area contributed by atoms with E-state index in [0.29, 0.717) is 18.4 Å². The second-order valence-corrected chi connectivity index (χ2v) is 4.24. The SMILES string of the molecule is C[C@@]1(c2ccc(C(=O)O)cc2O)CCC(=O)O1. The first-order valence-electron chi connectivity index (χ1n) is 5.21. The van der Waals surface area contributed by atoms with E-state index in [4.69, 9.17) is 9.84 Å². The Morgan fingerprint density at radius 1 is 1.47 bits per heavy atom. The van der Waals surface area contributed by atoms with Gasteiger partial charge in [0, 0.05) is 18.4 Å². The summed E-state index contributed by atoms with van der Waals surface area (Å²) >= 11 is 0. The van der Waals surface area contributed by atoms with Gasteiger partial charge in [-0.1, -0.05) is 6.07 Å². The quantitative estimate of drug-likeness (QED) is 0.762.